The number of nitrogens with zero attached hydrogens (tertiary/aromatic N) is 2. The molecule has 1 aromatic carbocycles. The number of rotatable bonds is 4. The first-order chi connectivity index (χ1) is 12.0. The van der Waals surface area contributed by atoms with Crippen LogP contribution in [0.3, 0.4) is 0 Å². The number of fused-ring (bicyclic) bond motifs is 1. The molecule has 1 aliphatic rings. The van der Waals surface area contributed by atoms with E-state index in [1.54, 1.807) is 19.1 Å². The Morgan fingerprint density at radius 1 is 1.48 bits per heavy atom. The molecule has 8 heteroatoms. The van der Waals surface area contributed by atoms with E-state index in [2.05, 4.69) is 10.2 Å². The van der Waals surface area contributed by atoms with Crippen molar-refractivity contribution in [2.45, 2.75) is 19.3 Å². The molecule has 0 fully saturated rings. The largest absolute Gasteiger partial charge is 0.466 e. The fraction of sp³-hybridized carbons (Fsp3) is 0.235. The van der Waals surface area contributed by atoms with Gasteiger partial charge >= 0.3 is 5.97 Å². The van der Waals surface area contributed by atoms with E-state index in [4.69, 9.17) is 15.2 Å². The van der Waals surface area contributed by atoms with Crippen LogP contribution in [0.15, 0.2) is 35.7 Å². The minimum atomic E-state index is -0.613. The van der Waals surface area contributed by atoms with Gasteiger partial charge in [-0.25, -0.2) is 4.39 Å². The Kier molecular flexibility index (Phi) is 4.39. The Labute approximate surface area is 142 Å². The number of esters is 1. The summed E-state index contributed by atoms with van der Waals surface area (Å²) in [4.78, 5) is 11.8. The van der Waals surface area contributed by atoms with Gasteiger partial charge in [-0.3, -0.25) is 9.89 Å². The topological polar surface area (TPSA) is 114 Å². The lowest BCUT2D eigenvalue weighted by atomic mass is 9.83. The van der Waals surface area contributed by atoms with Gasteiger partial charge in [-0.1, -0.05) is 12.1 Å². The highest BCUT2D eigenvalue weighted by atomic mass is 19.1. The van der Waals surface area contributed by atoms with E-state index < -0.39 is 17.7 Å². The second-order valence-electron chi connectivity index (χ2n) is 5.38. The number of benzene rings is 1. The number of nitriles is 1. The fourth-order valence-corrected chi connectivity index (χ4v) is 2.79. The minimum absolute atomic E-state index is 0.0597. The summed E-state index contributed by atoms with van der Waals surface area (Å²) in [6.45, 7) is 1.96. The summed E-state index contributed by atoms with van der Waals surface area (Å²) >= 11 is 0. The molecule has 25 heavy (non-hydrogen) atoms. The monoisotopic (exact) mass is 342 g/mol. The number of carbonyl (C=O) groups is 1. The van der Waals surface area contributed by atoms with Crippen LogP contribution in [0.25, 0.3) is 0 Å². The van der Waals surface area contributed by atoms with Crippen molar-refractivity contribution in [2.75, 3.05) is 6.61 Å². The summed E-state index contributed by atoms with van der Waals surface area (Å²) < 4.78 is 23.6. The van der Waals surface area contributed by atoms with Crippen molar-refractivity contribution < 1.29 is 18.7 Å². The SMILES string of the molecule is CCOC(=O)Cc1[nH]nc2c1C(c1ccc(F)cc1)C(C#N)=C(N)O2. The number of aromatic nitrogens is 2. The number of allylic oxidation sites excluding steroid dienone is 1. The second-order valence-corrected chi connectivity index (χ2v) is 5.38. The van der Waals surface area contributed by atoms with Gasteiger partial charge in [0, 0.05) is 0 Å². The molecule has 0 bridgehead atoms. The number of carbonyl (C=O) groups excluding carboxylic acids is 1. The molecule has 1 atom stereocenters. The molecule has 0 radical (unpaired) electrons. The van der Waals surface area contributed by atoms with Crippen LogP contribution >= 0.6 is 0 Å². The van der Waals surface area contributed by atoms with E-state index in [1.165, 1.54) is 12.1 Å². The third-order valence-electron chi connectivity index (χ3n) is 3.85. The molecule has 2 heterocycles. The van der Waals surface area contributed by atoms with Crippen molar-refractivity contribution in [3.05, 3.63) is 58.4 Å². The smallest absolute Gasteiger partial charge is 0.311 e. The molecular weight excluding hydrogens is 327 g/mol. The average molecular weight is 342 g/mol. The van der Waals surface area contributed by atoms with Crippen LogP contribution in [0.2, 0.25) is 0 Å². The highest BCUT2D eigenvalue weighted by Gasteiger charge is 2.35. The molecule has 0 saturated heterocycles. The van der Waals surface area contributed by atoms with Crippen LogP contribution < -0.4 is 10.5 Å². The van der Waals surface area contributed by atoms with Gasteiger partial charge < -0.3 is 15.2 Å². The maximum Gasteiger partial charge on any atom is 0.311 e. The lowest BCUT2D eigenvalue weighted by Crippen LogP contribution is -2.22. The summed E-state index contributed by atoms with van der Waals surface area (Å²) in [5.74, 6) is -1.33. The van der Waals surface area contributed by atoms with Gasteiger partial charge in [0.1, 0.15) is 17.5 Å². The number of aromatic amines is 1. The van der Waals surface area contributed by atoms with Crippen molar-refractivity contribution in [2.24, 2.45) is 5.73 Å². The summed E-state index contributed by atoms with van der Waals surface area (Å²) in [5.41, 5.74) is 7.62. The van der Waals surface area contributed by atoms with E-state index in [0.717, 1.165) is 0 Å². The molecule has 128 valence electrons. The summed E-state index contributed by atoms with van der Waals surface area (Å²) in [5, 5.41) is 16.3. The average Bonchev–Trinajstić information content (AvgIpc) is 2.97. The molecule has 0 spiro atoms. The first-order valence-corrected chi connectivity index (χ1v) is 7.61. The highest BCUT2D eigenvalue weighted by Crippen LogP contribution is 2.42. The number of halogens is 1. The minimum Gasteiger partial charge on any atom is -0.466 e. The molecule has 1 aromatic heterocycles. The van der Waals surface area contributed by atoms with Gasteiger partial charge in [-0.05, 0) is 24.6 Å². The Hall–Kier alpha value is -3.34. The van der Waals surface area contributed by atoms with Crippen molar-refractivity contribution >= 4 is 5.97 Å². The van der Waals surface area contributed by atoms with Gasteiger partial charge in [0.2, 0.25) is 11.8 Å². The summed E-state index contributed by atoms with van der Waals surface area (Å²) in [7, 11) is 0. The van der Waals surface area contributed by atoms with Gasteiger partial charge in [0.05, 0.1) is 30.2 Å². The molecule has 2 aromatic rings. The number of H-pyrrole nitrogens is 1. The Balaban J connectivity index is 2.10. The first kappa shape index (κ1) is 16.5. The Morgan fingerprint density at radius 2 is 2.20 bits per heavy atom. The lowest BCUT2D eigenvalue weighted by molar-refractivity contribution is -0.142. The van der Waals surface area contributed by atoms with Crippen molar-refractivity contribution in [1.29, 1.82) is 5.26 Å². The van der Waals surface area contributed by atoms with Crippen LogP contribution in [0.1, 0.15) is 29.7 Å². The van der Waals surface area contributed by atoms with Gasteiger partial charge in [-0.2, -0.15) is 5.26 Å². The van der Waals surface area contributed by atoms with Crippen LogP contribution in [-0.4, -0.2) is 22.8 Å². The number of ether oxygens (including phenoxy) is 2. The molecule has 3 N–H and O–H groups in total. The molecule has 0 saturated carbocycles. The van der Waals surface area contributed by atoms with Gasteiger partial charge in [-0.15, -0.1) is 5.10 Å². The van der Waals surface area contributed by atoms with Gasteiger partial charge in [0.15, 0.2) is 0 Å². The fourth-order valence-electron chi connectivity index (χ4n) is 2.79. The molecule has 0 amide bonds. The molecule has 0 aliphatic carbocycles. The number of hydrogen-bond acceptors (Lipinski definition) is 6. The van der Waals surface area contributed by atoms with E-state index >= 15 is 0 Å². The second kappa shape index (κ2) is 6.65. The molecule has 7 nitrogen and oxygen atoms in total. The third-order valence-corrected chi connectivity index (χ3v) is 3.85. The van der Waals surface area contributed by atoms with E-state index in [1.807, 2.05) is 6.07 Å². The standard InChI is InChI=1S/C17H15FN4O3/c1-2-24-13(23)7-12-15-14(9-3-5-10(18)6-4-9)11(8-19)16(20)25-17(15)22-21-12/h3-6,14H,2,7,20H2,1H3,(H,21,22). The summed E-state index contributed by atoms with van der Waals surface area (Å²) in [6.07, 6.45) is -0.0597. The molecule has 3 rings (SSSR count). The zero-order valence-corrected chi connectivity index (χ0v) is 13.4. The number of nitrogens with one attached hydrogen (secondary N) is 1. The zero-order valence-electron chi connectivity index (χ0n) is 13.4. The van der Waals surface area contributed by atoms with Crippen molar-refractivity contribution in [3.8, 4) is 11.9 Å². The maximum absolute atomic E-state index is 13.3. The maximum atomic E-state index is 13.3. The summed E-state index contributed by atoms with van der Waals surface area (Å²) in [6, 6.07) is 7.73. The van der Waals surface area contributed by atoms with E-state index in [9.17, 15) is 14.4 Å². The van der Waals surface area contributed by atoms with Crippen molar-refractivity contribution in [1.82, 2.24) is 10.2 Å². The van der Waals surface area contributed by atoms with Crippen LogP contribution in [-0.2, 0) is 16.0 Å². The lowest BCUT2D eigenvalue weighted by Gasteiger charge is -2.24. The van der Waals surface area contributed by atoms with Gasteiger partial charge in [0.25, 0.3) is 0 Å². The zero-order chi connectivity index (χ0) is 18.0. The quantitative estimate of drug-likeness (QED) is 0.820. The molecule has 1 unspecified atom stereocenters. The number of nitrogens with two attached hydrogens (primary N) is 1. The van der Waals surface area contributed by atoms with Crippen LogP contribution in [0.4, 0.5) is 4.39 Å². The van der Waals surface area contributed by atoms with Crippen LogP contribution in [0.5, 0.6) is 5.88 Å². The van der Waals surface area contributed by atoms with E-state index in [-0.39, 0.29) is 30.4 Å². The first-order valence-electron chi connectivity index (χ1n) is 7.61. The molecular formula is C17H15FN4O3. The predicted octanol–water partition coefficient (Wildman–Crippen LogP) is 1.87. The van der Waals surface area contributed by atoms with Crippen molar-refractivity contribution in [3.63, 3.8) is 0 Å². The van der Waals surface area contributed by atoms with Crippen LogP contribution in [0, 0.1) is 17.1 Å². The number of hydrogen-bond donors (Lipinski definition) is 2. The third kappa shape index (κ3) is 3.04. The molecule has 1 aliphatic heterocycles. The normalized spacial score (nSPS) is 16.0. The Morgan fingerprint density at radius 3 is 2.84 bits per heavy atom. The van der Waals surface area contributed by atoms with E-state index in [0.29, 0.717) is 16.8 Å². The Bertz CT molecular complexity index is 880. The highest BCUT2D eigenvalue weighted by molar-refractivity contribution is 5.73. The predicted molar refractivity (Wildman–Crippen MR) is 84.6 cm³/mol.